The molecule has 0 fully saturated rings. The summed E-state index contributed by atoms with van der Waals surface area (Å²) in [6.45, 7) is 7.38. The Kier molecular flexibility index (Phi) is 3.51. The fourth-order valence-electron chi connectivity index (χ4n) is 1.40. The molecular weight excluding hydrogens is 186 g/mol. The van der Waals surface area contributed by atoms with E-state index < -0.39 is 0 Å². The Hall–Kier alpha value is -1.75. The van der Waals surface area contributed by atoms with Gasteiger partial charge in [-0.2, -0.15) is 0 Å². The van der Waals surface area contributed by atoms with E-state index in [-0.39, 0.29) is 11.5 Å². The third-order valence-corrected chi connectivity index (χ3v) is 2.29. The van der Waals surface area contributed by atoms with Gasteiger partial charge >= 0.3 is 0 Å². The van der Waals surface area contributed by atoms with Crippen LogP contribution in [0.3, 0.4) is 0 Å². The summed E-state index contributed by atoms with van der Waals surface area (Å²) in [5.74, 6) is 5.42. The van der Waals surface area contributed by atoms with E-state index in [1.807, 2.05) is 13.8 Å². The van der Waals surface area contributed by atoms with Gasteiger partial charge in [0.25, 0.3) is 0 Å². The third kappa shape index (κ3) is 3.14. The summed E-state index contributed by atoms with van der Waals surface area (Å²) in [5.41, 5.74) is 8.33. The van der Waals surface area contributed by atoms with Crippen LogP contribution in [0.4, 0.5) is 0 Å². The summed E-state index contributed by atoms with van der Waals surface area (Å²) in [6.07, 6.45) is 3.46. The summed E-state index contributed by atoms with van der Waals surface area (Å²) >= 11 is 0. The molecule has 0 radical (unpaired) electrons. The average Bonchev–Trinajstić information content (AvgIpc) is 2.24. The Bertz CT molecular complexity index is 427. The summed E-state index contributed by atoms with van der Waals surface area (Å²) < 4.78 is 0. The number of allylic oxidation sites excluding steroid dienone is 5. The zero-order valence-electron chi connectivity index (χ0n) is 9.18. The van der Waals surface area contributed by atoms with Gasteiger partial charge < -0.3 is 5.73 Å². The quantitative estimate of drug-likeness (QED) is 0.610. The highest BCUT2D eigenvalue weighted by Crippen LogP contribution is 2.20. The van der Waals surface area contributed by atoms with Crippen LogP contribution in [0.5, 0.6) is 0 Å². The molecule has 0 unspecified atom stereocenters. The molecule has 2 N–H and O–H groups in total. The van der Waals surface area contributed by atoms with E-state index in [9.17, 15) is 4.79 Å². The number of nitrogens with two attached hydrogens (primary N) is 1. The second-order valence-corrected chi connectivity index (χ2v) is 3.79. The summed E-state index contributed by atoms with van der Waals surface area (Å²) in [5, 5.41) is 0. The molecule has 0 aromatic carbocycles. The van der Waals surface area contributed by atoms with Gasteiger partial charge in [0.1, 0.15) is 0 Å². The van der Waals surface area contributed by atoms with Crippen LogP contribution < -0.4 is 5.73 Å². The highest BCUT2D eigenvalue weighted by Gasteiger charge is 2.12. The number of hydrogen-bond donors (Lipinski definition) is 1. The van der Waals surface area contributed by atoms with Gasteiger partial charge in [-0.25, -0.2) is 0 Å². The predicted molar refractivity (Wildman–Crippen MR) is 61.8 cm³/mol. The minimum Gasteiger partial charge on any atom is -0.392 e. The lowest BCUT2D eigenvalue weighted by Crippen LogP contribution is -1.99. The van der Waals surface area contributed by atoms with E-state index in [1.54, 1.807) is 6.08 Å². The SMILES string of the molecule is C=C(N)C#CC1=C(C)CCC(C)=CC1=O. The normalized spacial score (nSPS) is 16.4. The van der Waals surface area contributed by atoms with Crippen LogP contribution in [0.15, 0.2) is 35.1 Å². The van der Waals surface area contributed by atoms with Crippen LogP contribution in [-0.2, 0) is 4.79 Å². The molecule has 1 rings (SSSR count). The second-order valence-electron chi connectivity index (χ2n) is 3.79. The fraction of sp³-hybridized carbons (Fsp3) is 0.308. The molecule has 0 saturated heterocycles. The molecule has 15 heavy (non-hydrogen) atoms. The molecule has 0 aromatic heterocycles. The molecule has 0 atom stereocenters. The molecule has 2 nitrogen and oxygen atoms in total. The van der Waals surface area contributed by atoms with Crippen molar-refractivity contribution in [3.05, 3.63) is 35.1 Å². The van der Waals surface area contributed by atoms with Crippen LogP contribution in [0, 0.1) is 11.8 Å². The second kappa shape index (κ2) is 4.65. The Labute approximate surface area is 90.5 Å². The van der Waals surface area contributed by atoms with E-state index in [4.69, 9.17) is 5.73 Å². The van der Waals surface area contributed by atoms with Crippen molar-refractivity contribution in [2.24, 2.45) is 5.73 Å². The predicted octanol–water partition coefficient (Wildman–Crippen LogP) is 2.09. The molecule has 2 heteroatoms. The molecule has 0 heterocycles. The van der Waals surface area contributed by atoms with Gasteiger partial charge in [-0.3, -0.25) is 4.79 Å². The Morgan fingerprint density at radius 3 is 2.73 bits per heavy atom. The van der Waals surface area contributed by atoms with Crippen LogP contribution in [0.2, 0.25) is 0 Å². The first-order valence-corrected chi connectivity index (χ1v) is 4.88. The smallest absolute Gasteiger partial charge is 0.194 e. The first kappa shape index (κ1) is 11.3. The van der Waals surface area contributed by atoms with Crippen molar-refractivity contribution in [2.45, 2.75) is 26.7 Å². The molecule has 0 bridgehead atoms. The molecule has 0 amide bonds. The number of carbonyl (C=O) groups excluding carboxylic acids is 1. The molecule has 78 valence electrons. The van der Waals surface area contributed by atoms with Gasteiger partial charge in [-0.1, -0.05) is 23.6 Å². The van der Waals surface area contributed by atoms with Crippen LogP contribution in [-0.4, -0.2) is 5.78 Å². The maximum Gasteiger partial charge on any atom is 0.194 e. The van der Waals surface area contributed by atoms with E-state index in [0.717, 1.165) is 24.0 Å². The lowest BCUT2D eigenvalue weighted by atomic mass is 10.0. The molecular formula is C13H15NO. The lowest BCUT2D eigenvalue weighted by molar-refractivity contribution is -0.111. The Morgan fingerprint density at radius 2 is 2.13 bits per heavy atom. The van der Waals surface area contributed by atoms with Crippen molar-refractivity contribution in [3.63, 3.8) is 0 Å². The van der Waals surface area contributed by atoms with Crippen molar-refractivity contribution < 1.29 is 4.79 Å². The zero-order valence-corrected chi connectivity index (χ0v) is 9.18. The van der Waals surface area contributed by atoms with Crippen LogP contribution >= 0.6 is 0 Å². The summed E-state index contributed by atoms with van der Waals surface area (Å²) in [4.78, 5) is 11.7. The van der Waals surface area contributed by atoms with E-state index in [2.05, 4.69) is 18.4 Å². The molecule has 0 aromatic rings. The monoisotopic (exact) mass is 201 g/mol. The standard InChI is InChI=1S/C13H15NO/c1-9-4-5-10(2)12(13(15)8-9)7-6-11(3)14/h8H,3-5,14H2,1-2H3. The van der Waals surface area contributed by atoms with Gasteiger partial charge in [-0.15, -0.1) is 0 Å². The van der Waals surface area contributed by atoms with E-state index in [1.165, 1.54) is 0 Å². The number of carbonyl (C=O) groups is 1. The largest absolute Gasteiger partial charge is 0.392 e. The molecule has 1 aliphatic carbocycles. The highest BCUT2D eigenvalue weighted by atomic mass is 16.1. The Morgan fingerprint density at radius 1 is 1.47 bits per heavy atom. The average molecular weight is 201 g/mol. The molecule has 0 saturated carbocycles. The van der Waals surface area contributed by atoms with Crippen molar-refractivity contribution >= 4 is 5.78 Å². The van der Waals surface area contributed by atoms with E-state index in [0.29, 0.717) is 5.57 Å². The molecule has 1 aliphatic rings. The lowest BCUT2D eigenvalue weighted by Gasteiger charge is -1.99. The minimum absolute atomic E-state index is 0.0174. The van der Waals surface area contributed by atoms with Gasteiger partial charge in [0.2, 0.25) is 0 Å². The number of rotatable bonds is 0. The van der Waals surface area contributed by atoms with Crippen molar-refractivity contribution in [1.82, 2.24) is 0 Å². The van der Waals surface area contributed by atoms with Gasteiger partial charge in [0.05, 0.1) is 11.3 Å². The van der Waals surface area contributed by atoms with Gasteiger partial charge in [0.15, 0.2) is 5.78 Å². The maximum absolute atomic E-state index is 11.7. The number of ketones is 1. The van der Waals surface area contributed by atoms with Crippen LogP contribution in [0.25, 0.3) is 0 Å². The third-order valence-electron chi connectivity index (χ3n) is 2.29. The first-order valence-electron chi connectivity index (χ1n) is 4.88. The molecule has 0 aliphatic heterocycles. The fourth-order valence-corrected chi connectivity index (χ4v) is 1.40. The van der Waals surface area contributed by atoms with Crippen molar-refractivity contribution in [1.29, 1.82) is 0 Å². The first-order chi connectivity index (χ1) is 7.00. The van der Waals surface area contributed by atoms with Gasteiger partial charge in [0, 0.05) is 0 Å². The minimum atomic E-state index is -0.0174. The van der Waals surface area contributed by atoms with Gasteiger partial charge in [-0.05, 0) is 38.7 Å². The zero-order chi connectivity index (χ0) is 11.4. The molecule has 0 spiro atoms. The highest BCUT2D eigenvalue weighted by molar-refractivity contribution is 6.08. The summed E-state index contributed by atoms with van der Waals surface area (Å²) in [6, 6.07) is 0. The van der Waals surface area contributed by atoms with Crippen LogP contribution in [0.1, 0.15) is 26.7 Å². The topological polar surface area (TPSA) is 43.1 Å². The van der Waals surface area contributed by atoms with Crippen molar-refractivity contribution in [2.75, 3.05) is 0 Å². The Balaban J connectivity index is 3.08. The maximum atomic E-state index is 11.7. The number of hydrogen-bond acceptors (Lipinski definition) is 2. The van der Waals surface area contributed by atoms with E-state index >= 15 is 0 Å². The summed E-state index contributed by atoms with van der Waals surface area (Å²) in [7, 11) is 0. The van der Waals surface area contributed by atoms with Crippen molar-refractivity contribution in [3.8, 4) is 11.8 Å².